The van der Waals surface area contributed by atoms with Crippen LogP contribution >= 0.6 is 0 Å². The standard InChI is InChI=1S/C37H54O5Si/c1-6-7-15-23-37(5,42-43(36(2,3)4,28-17-10-8-11-18-28)29-19-12-9-13-20-29)24-22-30-31-26-34(38)40-33(31)27-32(30)41-35-21-14-16-25-39-35/h8-13,17-20,22,24,30-35,38H,6-7,14-16,21,23,25-27H2,1-5H3/b24-22+/t30-,31-,32-,33+,34?,35?,37?/m1/s1. The van der Waals surface area contributed by atoms with E-state index in [0.717, 1.165) is 51.6 Å². The Balaban J connectivity index is 1.52. The van der Waals surface area contributed by atoms with E-state index in [4.69, 9.17) is 18.6 Å². The van der Waals surface area contributed by atoms with Crippen molar-refractivity contribution in [2.45, 2.75) is 128 Å². The SMILES string of the molecule is CCCCCC(C)(/C=C/[C@@H]1[C@H]2CC(O)O[C@H]2C[C@H]1OC1CCCCO1)O[Si](c1ccccc1)(c1ccccc1)C(C)(C)C. The third-order valence-electron chi connectivity index (χ3n) is 9.89. The molecule has 2 heterocycles. The predicted octanol–water partition coefficient (Wildman–Crippen LogP) is 7.11. The van der Waals surface area contributed by atoms with Crippen LogP contribution in [0, 0.1) is 11.8 Å². The van der Waals surface area contributed by atoms with Crippen molar-refractivity contribution in [2.24, 2.45) is 11.8 Å². The Morgan fingerprint density at radius 1 is 0.930 bits per heavy atom. The van der Waals surface area contributed by atoms with Crippen molar-refractivity contribution in [3.63, 3.8) is 0 Å². The summed E-state index contributed by atoms with van der Waals surface area (Å²) in [5, 5.41) is 12.9. The molecule has 0 amide bonds. The van der Waals surface area contributed by atoms with Gasteiger partial charge in [-0.25, -0.2) is 0 Å². The number of unbranched alkanes of at least 4 members (excludes halogenated alkanes) is 2. The molecule has 2 aromatic rings. The van der Waals surface area contributed by atoms with Gasteiger partial charge in [-0.1, -0.05) is 120 Å². The molecular weight excluding hydrogens is 552 g/mol. The molecule has 5 rings (SSSR count). The summed E-state index contributed by atoms with van der Waals surface area (Å²) in [6.45, 7) is 12.4. The molecule has 3 unspecified atom stereocenters. The number of aliphatic hydroxyl groups is 1. The third-order valence-corrected chi connectivity index (χ3v) is 15.1. The van der Waals surface area contributed by atoms with Gasteiger partial charge in [0.25, 0.3) is 8.32 Å². The number of rotatable bonds is 12. The molecule has 2 aromatic carbocycles. The number of fused-ring (bicyclic) bond motifs is 1. The van der Waals surface area contributed by atoms with E-state index in [1.54, 1.807) is 0 Å². The molecule has 236 valence electrons. The van der Waals surface area contributed by atoms with E-state index in [9.17, 15) is 5.11 Å². The molecular formula is C37H54O5Si. The van der Waals surface area contributed by atoms with Crippen LogP contribution in [-0.4, -0.2) is 50.4 Å². The van der Waals surface area contributed by atoms with Crippen molar-refractivity contribution >= 4 is 18.7 Å². The van der Waals surface area contributed by atoms with Gasteiger partial charge < -0.3 is 23.7 Å². The third kappa shape index (κ3) is 7.37. The first-order valence-corrected chi connectivity index (χ1v) is 18.7. The Morgan fingerprint density at radius 3 is 2.19 bits per heavy atom. The Kier molecular flexibility index (Phi) is 10.7. The van der Waals surface area contributed by atoms with Crippen LogP contribution in [0.15, 0.2) is 72.8 Å². The maximum atomic E-state index is 10.4. The molecule has 3 fully saturated rings. The number of ether oxygens (including phenoxy) is 3. The lowest BCUT2D eigenvalue weighted by Crippen LogP contribution is -2.69. The van der Waals surface area contributed by atoms with Gasteiger partial charge in [0, 0.05) is 25.4 Å². The molecule has 0 bridgehead atoms. The van der Waals surface area contributed by atoms with Crippen LogP contribution in [0.4, 0.5) is 0 Å². The van der Waals surface area contributed by atoms with Crippen LogP contribution in [0.5, 0.6) is 0 Å². The number of hydrogen-bond acceptors (Lipinski definition) is 5. The van der Waals surface area contributed by atoms with E-state index < -0.39 is 20.2 Å². The van der Waals surface area contributed by atoms with Gasteiger partial charge in [-0.05, 0) is 53.9 Å². The minimum Gasteiger partial charge on any atom is -0.399 e. The molecule has 43 heavy (non-hydrogen) atoms. The minimum absolute atomic E-state index is 0.00890. The van der Waals surface area contributed by atoms with Crippen molar-refractivity contribution < 1.29 is 23.7 Å². The summed E-state index contributed by atoms with van der Waals surface area (Å²) in [7, 11) is -2.78. The fourth-order valence-corrected chi connectivity index (χ4v) is 12.5. The van der Waals surface area contributed by atoms with E-state index >= 15 is 0 Å². The van der Waals surface area contributed by atoms with Gasteiger partial charge in [-0.3, -0.25) is 0 Å². The molecule has 6 heteroatoms. The monoisotopic (exact) mass is 606 g/mol. The van der Waals surface area contributed by atoms with Crippen molar-refractivity contribution in [3.8, 4) is 0 Å². The fraction of sp³-hybridized carbons (Fsp3) is 0.622. The molecule has 0 radical (unpaired) electrons. The highest BCUT2D eigenvalue weighted by Gasteiger charge is 2.54. The average molecular weight is 607 g/mol. The van der Waals surface area contributed by atoms with Crippen molar-refractivity contribution in [1.82, 2.24) is 0 Å². The summed E-state index contributed by atoms with van der Waals surface area (Å²) < 4.78 is 26.4. The molecule has 1 aliphatic carbocycles. The van der Waals surface area contributed by atoms with Crippen LogP contribution in [0.2, 0.25) is 5.04 Å². The first kappa shape index (κ1) is 32.6. The first-order chi connectivity index (χ1) is 20.6. The molecule has 5 nitrogen and oxygen atoms in total. The zero-order valence-electron chi connectivity index (χ0n) is 27.0. The van der Waals surface area contributed by atoms with Gasteiger partial charge in [-0.15, -0.1) is 0 Å². The highest BCUT2D eigenvalue weighted by atomic mass is 28.4. The highest BCUT2D eigenvalue weighted by Crippen LogP contribution is 2.46. The van der Waals surface area contributed by atoms with Gasteiger partial charge >= 0.3 is 0 Å². The smallest absolute Gasteiger partial charge is 0.262 e. The average Bonchev–Trinajstić information content (AvgIpc) is 3.51. The second-order valence-electron chi connectivity index (χ2n) is 14.2. The fourth-order valence-electron chi connectivity index (χ4n) is 7.67. The summed E-state index contributed by atoms with van der Waals surface area (Å²) in [4.78, 5) is 0. The van der Waals surface area contributed by atoms with Crippen molar-refractivity contribution in [1.29, 1.82) is 0 Å². The molecule has 1 N–H and O–H groups in total. The molecule has 0 aromatic heterocycles. The van der Waals surface area contributed by atoms with E-state index in [-0.39, 0.29) is 35.4 Å². The zero-order valence-corrected chi connectivity index (χ0v) is 28.0. The van der Waals surface area contributed by atoms with Gasteiger partial charge in [0.15, 0.2) is 12.6 Å². The Morgan fingerprint density at radius 2 is 1.60 bits per heavy atom. The van der Waals surface area contributed by atoms with E-state index in [2.05, 4.69) is 107 Å². The van der Waals surface area contributed by atoms with Crippen LogP contribution in [0.1, 0.15) is 92.4 Å². The van der Waals surface area contributed by atoms with Crippen molar-refractivity contribution in [2.75, 3.05) is 6.61 Å². The molecule has 1 saturated carbocycles. The van der Waals surface area contributed by atoms with Gasteiger partial charge in [0.2, 0.25) is 0 Å². The molecule has 7 atom stereocenters. The number of hydrogen-bond donors (Lipinski definition) is 1. The van der Waals surface area contributed by atoms with Crippen molar-refractivity contribution in [3.05, 3.63) is 72.8 Å². The normalized spacial score (nSPS) is 29.5. The molecule has 2 saturated heterocycles. The quantitative estimate of drug-likeness (QED) is 0.159. The second-order valence-corrected chi connectivity index (χ2v) is 18.4. The van der Waals surface area contributed by atoms with E-state index in [0.29, 0.717) is 6.42 Å². The molecule has 2 aliphatic heterocycles. The van der Waals surface area contributed by atoms with Crippen LogP contribution in [0.3, 0.4) is 0 Å². The van der Waals surface area contributed by atoms with Gasteiger partial charge in [-0.2, -0.15) is 0 Å². The maximum absolute atomic E-state index is 10.4. The predicted molar refractivity (Wildman–Crippen MR) is 176 cm³/mol. The van der Waals surface area contributed by atoms with Gasteiger partial charge in [0.1, 0.15) is 0 Å². The Bertz CT molecular complexity index is 1120. The summed E-state index contributed by atoms with van der Waals surface area (Å²) >= 11 is 0. The Hall–Kier alpha value is -1.80. The number of benzene rings is 2. The maximum Gasteiger partial charge on any atom is 0.262 e. The Labute approximate surface area is 261 Å². The first-order valence-electron chi connectivity index (χ1n) is 16.8. The topological polar surface area (TPSA) is 57.2 Å². The van der Waals surface area contributed by atoms with Crippen LogP contribution < -0.4 is 10.4 Å². The lowest BCUT2D eigenvalue weighted by Gasteiger charge is -2.48. The second kappa shape index (κ2) is 14.1. The lowest BCUT2D eigenvalue weighted by atomic mass is 9.89. The minimum atomic E-state index is -2.78. The summed E-state index contributed by atoms with van der Waals surface area (Å²) in [5.41, 5.74) is -0.484. The summed E-state index contributed by atoms with van der Waals surface area (Å²) in [6.07, 6.45) is 12.9. The summed E-state index contributed by atoms with van der Waals surface area (Å²) in [5.74, 6) is 0.369. The lowest BCUT2D eigenvalue weighted by molar-refractivity contribution is -0.196. The van der Waals surface area contributed by atoms with Crippen LogP contribution in [-0.2, 0) is 18.6 Å². The van der Waals surface area contributed by atoms with E-state index in [1.165, 1.54) is 16.8 Å². The van der Waals surface area contributed by atoms with E-state index in [1.807, 2.05) is 0 Å². The van der Waals surface area contributed by atoms with Gasteiger partial charge in [0.05, 0.1) is 17.8 Å². The molecule has 3 aliphatic rings. The summed E-state index contributed by atoms with van der Waals surface area (Å²) in [6, 6.07) is 21.9. The molecule has 0 spiro atoms. The number of aliphatic hydroxyl groups excluding tert-OH is 1. The zero-order chi connectivity index (χ0) is 30.5. The largest absolute Gasteiger partial charge is 0.399 e. The highest BCUT2D eigenvalue weighted by molar-refractivity contribution is 6.99. The van der Waals surface area contributed by atoms with Crippen LogP contribution in [0.25, 0.3) is 0 Å².